The van der Waals surface area contributed by atoms with Crippen molar-refractivity contribution in [3.8, 4) is 11.5 Å². The van der Waals surface area contributed by atoms with Crippen LogP contribution >= 0.6 is 0 Å². The average molecular weight is 480 g/mol. The monoisotopic (exact) mass is 480 g/mol. The number of pyridine rings is 1. The molecular formula is C23H15F3N6O3. The van der Waals surface area contributed by atoms with Gasteiger partial charge in [-0.05, 0) is 24.3 Å². The van der Waals surface area contributed by atoms with E-state index < -0.39 is 35.6 Å². The summed E-state index contributed by atoms with van der Waals surface area (Å²) in [4.78, 5) is 34.4. The van der Waals surface area contributed by atoms with Crippen LogP contribution in [0.2, 0.25) is 0 Å². The number of rotatable bonds is 4. The summed E-state index contributed by atoms with van der Waals surface area (Å²) in [6, 6.07) is 6.08. The molecule has 9 nitrogen and oxygen atoms in total. The molecule has 0 unspecified atom stereocenters. The third-order valence-electron chi connectivity index (χ3n) is 5.75. The van der Waals surface area contributed by atoms with Gasteiger partial charge in [0.25, 0.3) is 12.3 Å². The van der Waals surface area contributed by atoms with Gasteiger partial charge >= 0.3 is 0 Å². The van der Waals surface area contributed by atoms with Crippen molar-refractivity contribution in [3.63, 3.8) is 0 Å². The first-order valence-corrected chi connectivity index (χ1v) is 10.6. The lowest BCUT2D eigenvalue weighted by Gasteiger charge is -2.32. The maximum absolute atomic E-state index is 13.9. The van der Waals surface area contributed by atoms with Crippen LogP contribution in [-0.4, -0.2) is 42.3 Å². The van der Waals surface area contributed by atoms with Gasteiger partial charge < -0.3 is 18.7 Å². The number of oxazole rings is 2. The normalized spacial score (nSPS) is 15.7. The van der Waals surface area contributed by atoms with Crippen molar-refractivity contribution in [2.24, 2.45) is 0 Å². The van der Waals surface area contributed by atoms with Crippen LogP contribution in [0.15, 0.2) is 57.9 Å². The first-order chi connectivity index (χ1) is 17.0. The van der Waals surface area contributed by atoms with Crippen molar-refractivity contribution < 1.29 is 26.8 Å². The minimum atomic E-state index is -3.06. The maximum atomic E-state index is 13.9. The molecule has 0 fully saturated rings. The number of benzene rings is 1. The van der Waals surface area contributed by atoms with Crippen molar-refractivity contribution >= 4 is 17.0 Å². The van der Waals surface area contributed by atoms with E-state index in [1.807, 2.05) is 0 Å². The number of amides is 1. The van der Waals surface area contributed by atoms with E-state index in [9.17, 15) is 18.0 Å². The molecule has 4 aromatic heterocycles. The van der Waals surface area contributed by atoms with E-state index in [1.165, 1.54) is 41.8 Å². The largest absolute Gasteiger partial charge is 0.438 e. The predicted molar refractivity (Wildman–Crippen MR) is 114 cm³/mol. The van der Waals surface area contributed by atoms with Gasteiger partial charge in [-0.1, -0.05) is 0 Å². The molecule has 0 spiro atoms. The molecule has 5 aromatic rings. The number of alkyl halides is 2. The molecule has 1 amide bonds. The molecule has 0 saturated heterocycles. The molecule has 1 atom stereocenters. The Morgan fingerprint density at radius 3 is 2.89 bits per heavy atom. The second kappa shape index (κ2) is 8.08. The van der Waals surface area contributed by atoms with Gasteiger partial charge in [0.05, 0.1) is 17.6 Å². The SMILES string of the molecule is O=C(c1oc(-c2cccnc2)nc1C(F)F)N1CCc2[nH]cnc2[C@H]1c1nc2cc(F)ccc2o1. The van der Waals surface area contributed by atoms with Gasteiger partial charge in [-0.2, -0.15) is 0 Å². The van der Waals surface area contributed by atoms with Crippen LogP contribution in [0, 0.1) is 5.82 Å². The predicted octanol–water partition coefficient (Wildman–Crippen LogP) is 4.47. The summed E-state index contributed by atoms with van der Waals surface area (Å²) in [5, 5.41) is 0. The number of nitrogens with zero attached hydrogens (tertiary/aromatic N) is 5. The van der Waals surface area contributed by atoms with Gasteiger partial charge in [-0.3, -0.25) is 9.78 Å². The van der Waals surface area contributed by atoms with Crippen LogP contribution < -0.4 is 0 Å². The third kappa shape index (κ3) is 3.54. The number of halogens is 3. The van der Waals surface area contributed by atoms with Gasteiger partial charge in [-0.15, -0.1) is 0 Å². The van der Waals surface area contributed by atoms with Crippen LogP contribution in [-0.2, 0) is 6.42 Å². The first-order valence-electron chi connectivity index (χ1n) is 10.6. The van der Waals surface area contributed by atoms with Crippen LogP contribution in [0.4, 0.5) is 13.2 Å². The first kappa shape index (κ1) is 21.1. The van der Waals surface area contributed by atoms with Gasteiger partial charge in [0.15, 0.2) is 17.3 Å². The van der Waals surface area contributed by atoms with Gasteiger partial charge in [0.1, 0.15) is 11.3 Å². The van der Waals surface area contributed by atoms with E-state index >= 15 is 0 Å². The number of aromatic amines is 1. The van der Waals surface area contributed by atoms with E-state index in [0.29, 0.717) is 23.3 Å². The molecule has 0 radical (unpaired) electrons. The smallest absolute Gasteiger partial charge is 0.292 e. The van der Waals surface area contributed by atoms with E-state index in [0.717, 1.165) is 5.69 Å². The lowest BCUT2D eigenvalue weighted by Crippen LogP contribution is -2.41. The average Bonchev–Trinajstić information content (AvgIpc) is 3.61. The molecule has 35 heavy (non-hydrogen) atoms. The lowest BCUT2D eigenvalue weighted by molar-refractivity contribution is 0.0621. The number of fused-ring (bicyclic) bond motifs is 2. The summed E-state index contributed by atoms with van der Waals surface area (Å²) in [7, 11) is 0. The molecule has 1 N–H and O–H groups in total. The van der Waals surface area contributed by atoms with Gasteiger partial charge in [0.2, 0.25) is 17.5 Å². The summed E-state index contributed by atoms with van der Waals surface area (Å²) in [5.74, 6) is -2.00. The fourth-order valence-corrected chi connectivity index (χ4v) is 4.16. The second-order valence-electron chi connectivity index (χ2n) is 7.86. The Morgan fingerprint density at radius 2 is 2.09 bits per heavy atom. The van der Waals surface area contributed by atoms with Crippen LogP contribution in [0.3, 0.4) is 0 Å². The number of nitrogens with one attached hydrogen (secondary N) is 1. The highest BCUT2D eigenvalue weighted by atomic mass is 19.3. The zero-order chi connectivity index (χ0) is 24.1. The molecule has 5 heterocycles. The van der Waals surface area contributed by atoms with Crippen molar-refractivity contribution in [1.29, 1.82) is 0 Å². The highest BCUT2D eigenvalue weighted by Crippen LogP contribution is 2.37. The number of carbonyl (C=O) groups excluding carboxylic acids is 1. The summed E-state index contributed by atoms with van der Waals surface area (Å²) in [5.41, 5.74) is 1.32. The maximum Gasteiger partial charge on any atom is 0.292 e. The third-order valence-corrected chi connectivity index (χ3v) is 5.75. The standard InChI is InChI=1S/C23H15F3N6O3/c24-12-3-4-15-14(8-12)30-22(34-15)18-16-13(28-10-29-16)5-7-32(18)23(33)19-17(20(25)26)31-21(35-19)11-2-1-6-27-9-11/h1-4,6,8-10,18,20H,5,7H2,(H,28,29)/t18-/m0/s1. The number of carbonyl (C=O) groups is 1. The van der Waals surface area contributed by atoms with Crippen molar-refractivity contribution in [2.75, 3.05) is 6.54 Å². The minimum Gasteiger partial charge on any atom is -0.438 e. The lowest BCUT2D eigenvalue weighted by atomic mass is 10.0. The van der Waals surface area contributed by atoms with E-state index in [2.05, 4.69) is 24.9 Å². The molecule has 1 aromatic carbocycles. The zero-order valence-electron chi connectivity index (χ0n) is 17.8. The quantitative estimate of drug-likeness (QED) is 0.404. The molecular weight excluding hydrogens is 465 g/mol. The molecule has 176 valence electrons. The highest BCUT2D eigenvalue weighted by Gasteiger charge is 2.41. The van der Waals surface area contributed by atoms with Crippen molar-refractivity contribution in [3.05, 3.63) is 83.6 Å². The fourth-order valence-electron chi connectivity index (χ4n) is 4.16. The Morgan fingerprint density at radius 1 is 1.20 bits per heavy atom. The minimum absolute atomic E-state index is 0.0672. The van der Waals surface area contributed by atoms with Crippen molar-refractivity contribution in [2.45, 2.75) is 18.9 Å². The number of hydrogen-bond donors (Lipinski definition) is 1. The van der Waals surface area contributed by atoms with E-state index in [4.69, 9.17) is 8.83 Å². The van der Waals surface area contributed by atoms with Crippen LogP contribution in [0.5, 0.6) is 0 Å². The molecule has 0 aliphatic carbocycles. The molecule has 1 aliphatic heterocycles. The summed E-state index contributed by atoms with van der Waals surface area (Å²) in [6.07, 6.45) is 1.71. The van der Waals surface area contributed by atoms with Crippen LogP contribution in [0.25, 0.3) is 22.6 Å². The van der Waals surface area contributed by atoms with Gasteiger partial charge in [0, 0.05) is 37.1 Å². The Hall–Kier alpha value is -4.48. The Bertz CT molecular complexity index is 1540. The topological polar surface area (TPSA) is 114 Å². The number of H-pyrrole nitrogens is 1. The van der Waals surface area contributed by atoms with Crippen molar-refractivity contribution in [1.82, 2.24) is 29.8 Å². The number of hydrogen-bond acceptors (Lipinski definition) is 7. The number of imidazole rings is 1. The molecule has 0 saturated carbocycles. The second-order valence-corrected chi connectivity index (χ2v) is 7.86. The fraction of sp³-hybridized carbons (Fsp3) is 0.174. The number of aromatic nitrogens is 5. The molecule has 12 heteroatoms. The summed E-state index contributed by atoms with van der Waals surface area (Å²) >= 11 is 0. The molecule has 6 rings (SSSR count). The molecule has 1 aliphatic rings. The summed E-state index contributed by atoms with van der Waals surface area (Å²) in [6.45, 7) is 0.136. The molecule has 0 bridgehead atoms. The van der Waals surface area contributed by atoms with Crippen LogP contribution in [0.1, 0.15) is 46.0 Å². The highest BCUT2D eigenvalue weighted by molar-refractivity contribution is 5.93. The zero-order valence-corrected chi connectivity index (χ0v) is 17.8. The Kier molecular flexibility index (Phi) is 4.87. The van der Waals surface area contributed by atoms with E-state index in [1.54, 1.807) is 12.1 Å². The Labute approximate surface area is 194 Å². The Balaban J connectivity index is 1.45. The summed E-state index contributed by atoms with van der Waals surface area (Å²) < 4.78 is 52.8. The van der Waals surface area contributed by atoms with Gasteiger partial charge in [-0.25, -0.2) is 28.1 Å². The van der Waals surface area contributed by atoms with E-state index in [-0.39, 0.29) is 23.8 Å².